The summed E-state index contributed by atoms with van der Waals surface area (Å²) in [5.74, 6) is 0.792. The van der Waals surface area contributed by atoms with Crippen LogP contribution in [0.3, 0.4) is 0 Å². The van der Waals surface area contributed by atoms with E-state index in [1.54, 1.807) is 28.1 Å². The van der Waals surface area contributed by atoms with Crippen molar-refractivity contribution < 1.29 is 38.8 Å². The number of rotatable bonds is 19. The van der Waals surface area contributed by atoms with E-state index in [2.05, 4.69) is 19.2 Å². The Labute approximate surface area is 251 Å². The first-order chi connectivity index (χ1) is 19.6. The SMILES string of the molecule is COCCCOc1cc(C[C@@H](C[C@H](N)[C@@H](O)C[C@H](C(=O)NCC(C)(C)C(N)=O)C(C)C)C(C)C)ccc1OC.O=CO. The average Bonchev–Trinajstić information content (AvgIpc) is 2.92. The summed E-state index contributed by atoms with van der Waals surface area (Å²) in [6.45, 7) is 12.6. The van der Waals surface area contributed by atoms with Crippen molar-refractivity contribution in [2.75, 3.05) is 34.0 Å². The Balaban J connectivity index is 0.00000535. The molecule has 2 amide bonds. The van der Waals surface area contributed by atoms with Crippen LogP contribution < -0.4 is 26.3 Å². The second-order valence-corrected chi connectivity index (χ2v) is 12.0. The van der Waals surface area contributed by atoms with Crippen LogP contribution in [0.25, 0.3) is 0 Å². The Bertz CT molecular complexity index is 939. The molecule has 0 unspecified atom stereocenters. The Morgan fingerprint density at radius 1 is 1.05 bits per heavy atom. The van der Waals surface area contributed by atoms with E-state index in [0.29, 0.717) is 37.1 Å². The van der Waals surface area contributed by atoms with Crippen LogP contribution in [0.5, 0.6) is 11.5 Å². The number of aliphatic hydroxyl groups excluding tert-OH is 1. The van der Waals surface area contributed by atoms with E-state index >= 15 is 0 Å². The fourth-order valence-corrected chi connectivity index (χ4v) is 4.39. The molecule has 4 atom stereocenters. The summed E-state index contributed by atoms with van der Waals surface area (Å²) in [4.78, 5) is 32.9. The zero-order valence-corrected chi connectivity index (χ0v) is 26.7. The lowest BCUT2D eigenvalue weighted by atomic mass is 9.80. The zero-order chi connectivity index (χ0) is 32.5. The highest BCUT2D eigenvalue weighted by Gasteiger charge is 2.32. The lowest BCUT2D eigenvalue weighted by molar-refractivity contribution is -0.130. The zero-order valence-electron chi connectivity index (χ0n) is 26.7. The molecule has 0 aliphatic carbocycles. The Morgan fingerprint density at radius 3 is 2.17 bits per heavy atom. The van der Waals surface area contributed by atoms with Gasteiger partial charge in [0.15, 0.2) is 11.5 Å². The molecule has 11 heteroatoms. The minimum atomic E-state index is -0.854. The predicted molar refractivity (Wildman–Crippen MR) is 163 cm³/mol. The standard InChI is InChI=1S/C30H53N3O6.CH2O2/c1-19(2)22(14-21-10-11-26(38-8)27(15-21)39-13-9-12-37-7)16-24(31)25(34)17-23(20(3)4)28(35)33-18-30(5,6)29(32)36;2-1-3/h10-11,15,19-20,22-25,34H,9,12-14,16-18,31H2,1-8H3,(H2,32,36)(H,33,35);1H,(H,2,3)/t22-,23-,24-,25-;/m0./s1. The molecule has 0 aromatic heterocycles. The molecule has 7 N–H and O–H groups in total. The van der Waals surface area contributed by atoms with Gasteiger partial charge in [-0.05, 0) is 68.6 Å². The first-order valence-corrected chi connectivity index (χ1v) is 14.5. The van der Waals surface area contributed by atoms with Crippen molar-refractivity contribution in [3.63, 3.8) is 0 Å². The van der Waals surface area contributed by atoms with Gasteiger partial charge in [-0.2, -0.15) is 0 Å². The maximum atomic E-state index is 12.9. The Morgan fingerprint density at radius 2 is 1.67 bits per heavy atom. The first-order valence-electron chi connectivity index (χ1n) is 14.5. The van der Waals surface area contributed by atoms with Crippen molar-refractivity contribution in [3.05, 3.63) is 23.8 Å². The summed E-state index contributed by atoms with van der Waals surface area (Å²) < 4.78 is 16.5. The number of benzene rings is 1. The van der Waals surface area contributed by atoms with E-state index in [9.17, 15) is 14.7 Å². The number of aliphatic hydroxyl groups is 1. The predicted octanol–water partition coefficient (Wildman–Crippen LogP) is 2.99. The van der Waals surface area contributed by atoms with Crippen molar-refractivity contribution in [3.8, 4) is 11.5 Å². The molecule has 1 rings (SSSR count). The number of carboxylic acid groups (broad SMARTS) is 1. The molecular formula is C31H55N3O8. The third-order valence-corrected chi connectivity index (χ3v) is 7.50. The molecule has 0 radical (unpaired) electrons. The smallest absolute Gasteiger partial charge is 0.290 e. The van der Waals surface area contributed by atoms with Gasteiger partial charge in [0, 0.05) is 38.6 Å². The third-order valence-electron chi connectivity index (χ3n) is 7.50. The molecule has 0 bridgehead atoms. The molecule has 1 aromatic rings. The molecule has 0 fully saturated rings. The van der Waals surface area contributed by atoms with Crippen molar-refractivity contribution in [1.82, 2.24) is 5.32 Å². The second-order valence-electron chi connectivity index (χ2n) is 12.0. The van der Waals surface area contributed by atoms with E-state index in [1.165, 1.54) is 0 Å². The van der Waals surface area contributed by atoms with Gasteiger partial charge in [0.1, 0.15) is 0 Å². The van der Waals surface area contributed by atoms with Crippen LogP contribution in [0.1, 0.15) is 66.4 Å². The number of hydrogen-bond donors (Lipinski definition) is 5. The van der Waals surface area contributed by atoms with Gasteiger partial charge in [0.05, 0.1) is 25.2 Å². The largest absolute Gasteiger partial charge is 0.493 e. The molecule has 0 saturated carbocycles. The van der Waals surface area contributed by atoms with E-state index < -0.39 is 29.4 Å². The number of nitrogens with two attached hydrogens (primary N) is 2. The van der Waals surface area contributed by atoms with Crippen molar-refractivity contribution in [2.45, 2.75) is 79.4 Å². The van der Waals surface area contributed by atoms with Crippen LogP contribution in [0.2, 0.25) is 0 Å². The maximum Gasteiger partial charge on any atom is 0.290 e. The highest BCUT2D eigenvalue weighted by molar-refractivity contribution is 5.83. The second kappa shape index (κ2) is 20.1. The quantitative estimate of drug-likeness (QED) is 0.118. The molecular weight excluding hydrogens is 542 g/mol. The Hall–Kier alpha value is -2.89. The number of primary amides is 1. The monoisotopic (exact) mass is 597 g/mol. The van der Waals surface area contributed by atoms with E-state index in [1.807, 2.05) is 32.0 Å². The van der Waals surface area contributed by atoms with Gasteiger partial charge in [-0.25, -0.2) is 0 Å². The Kier molecular flexibility index (Phi) is 18.7. The fraction of sp³-hybridized carbons (Fsp3) is 0.710. The van der Waals surface area contributed by atoms with E-state index in [-0.39, 0.29) is 37.2 Å². The summed E-state index contributed by atoms with van der Waals surface area (Å²) in [6.07, 6.45) is 1.56. The summed E-state index contributed by atoms with van der Waals surface area (Å²) in [7, 11) is 3.29. The minimum Gasteiger partial charge on any atom is -0.493 e. The highest BCUT2D eigenvalue weighted by Crippen LogP contribution is 2.32. The van der Waals surface area contributed by atoms with Gasteiger partial charge in [0.25, 0.3) is 6.47 Å². The molecule has 11 nitrogen and oxygen atoms in total. The topological polar surface area (TPSA) is 183 Å². The first kappa shape index (κ1) is 39.1. The summed E-state index contributed by atoms with van der Waals surface area (Å²) >= 11 is 0. The van der Waals surface area contributed by atoms with Crippen molar-refractivity contribution >= 4 is 18.3 Å². The number of methoxy groups -OCH3 is 2. The minimum absolute atomic E-state index is 0.00829. The number of carbonyl (C=O) groups excluding carboxylic acids is 2. The van der Waals surface area contributed by atoms with Crippen molar-refractivity contribution in [2.24, 2.45) is 40.6 Å². The van der Waals surface area contributed by atoms with Gasteiger partial charge in [-0.1, -0.05) is 33.8 Å². The summed E-state index contributed by atoms with van der Waals surface area (Å²) in [5.41, 5.74) is 12.2. The normalized spacial score (nSPS) is 14.3. The summed E-state index contributed by atoms with van der Waals surface area (Å²) in [6, 6.07) is 5.47. The summed E-state index contributed by atoms with van der Waals surface area (Å²) in [5, 5.41) is 20.8. The van der Waals surface area contributed by atoms with Crippen LogP contribution in [-0.4, -0.2) is 74.6 Å². The van der Waals surface area contributed by atoms with Gasteiger partial charge in [-0.3, -0.25) is 14.4 Å². The number of amides is 2. The molecule has 0 saturated heterocycles. The lowest BCUT2D eigenvalue weighted by Crippen LogP contribution is -2.46. The molecule has 0 aliphatic rings. The van der Waals surface area contributed by atoms with E-state index in [4.69, 9.17) is 35.6 Å². The molecule has 1 aromatic carbocycles. The average molecular weight is 598 g/mol. The van der Waals surface area contributed by atoms with Crippen molar-refractivity contribution in [1.29, 1.82) is 0 Å². The number of nitrogens with one attached hydrogen (secondary N) is 1. The van der Waals surface area contributed by atoms with Gasteiger partial charge in [0.2, 0.25) is 11.8 Å². The number of ether oxygens (including phenoxy) is 3. The van der Waals surface area contributed by atoms with E-state index in [0.717, 1.165) is 18.4 Å². The van der Waals surface area contributed by atoms with Crippen LogP contribution in [0, 0.1) is 29.1 Å². The van der Waals surface area contributed by atoms with Crippen LogP contribution in [-0.2, 0) is 25.5 Å². The number of hydrogen-bond acceptors (Lipinski definition) is 8. The van der Waals surface area contributed by atoms with Gasteiger partial charge in [-0.15, -0.1) is 0 Å². The molecule has 42 heavy (non-hydrogen) atoms. The molecule has 0 heterocycles. The highest BCUT2D eigenvalue weighted by atomic mass is 16.5. The lowest BCUT2D eigenvalue weighted by Gasteiger charge is -2.30. The number of carbonyl (C=O) groups is 3. The third kappa shape index (κ3) is 14.3. The van der Waals surface area contributed by atoms with Crippen LogP contribution in [0.15, 0.2) is 18.2 Å². The van der Waals surface area contributed by atoms with Gasteiger partial charge < -0.3 is 41.2 Å². The molecule has 242 valence electrons. The maximum absolute atomic E-state index is 12.9. The molecule has 0 aliphatic heterocycles. The fourth-order valence-electron chi connectivity index (χ4n) is 4.39. The van der Waals surface area contributed by atoms with Crippen LogP contribution in [0.4, 0.5) is 0 Å². The van der Waals surface area contributed by atoms with Crippen LogP contribution >= 0.6 is 0 Å². The molecule has 0 spiro atoms. The van der Waals surface area contributed by atoms with Gasteiger partial charge >= 0.3 is 0 Å².